The van der Waals surface area contributed by atoms with Crippen LogP contribution < -0.4 is 5.32 Å². The lowest BCUT2D eigenvalue weighted by atomic mass is 9.81. The smallest absolute Gasteiger partial charge is 0.326 e. The Hall–Kier alpha value is -3.15. The fourth-order valence-electron chi connectivity index (χ4n) is 4.86. The van der Waals surface area contributed by atoms with Gasteiger partial charge in [0.1, 0.15) is 6.54 Å². The number of nitrogens with zero attached hydrogens (tertiary/aromatic N) is 2. The molecule has 1 saturated carbocycles. The van der Waals surface area contributed by atoms with E-state index in [1.165, 1.54) is 6.42 Å². The van der Waals surface area contributed by atoms with E-state index in [0.29, 0.717) is 11.1 Å². The zero-order valence-electron chi connectivity index (χ0n) is 19.1. The van der Waals surface area contributed by atoms with Crippen LogP contribution in [0.5, 0.6) is 0 Å². The molecule has 2 aliphatic rings. The fraction of sp³-hybridized carbons (Fsp3) is 0.423. The Balaban J connectivity index is 1.67. The van der Waals surface area contributed by atoms with Gasteiger partial charge in [0.2, 0.25) is 5.91 Å². The molecule has 32 heavy (non-hydrogen) atoms. The first-order chi connectivity index (χ1) is 15.3. The molecule has 0 aromatic heterocycles. The van der Waals surface area contributed by atoms with Crippen LogP contribution in [0.1, 0.15) is 54.4 Å². The Morgan fingerprint density at radius 1 is 1.00 bits per heavy atom. The van der Waals surface area contributed by atoms with E-state index in [2.05, 4.69) is 5.32 Å². The second-order valence-corrected chi connectivity index (χ2v) is 9.03. The molecule has 1 N–H and O–H groups in total. The van der Waals surface area contributed by atoms with E-state index in [0.717, 1.165) is 41.7 Å². The first kappa shape index (κ1) is 22.1. The van der Waals surface area contributed by atoms with Crippen LogP contribution in [0.25, 0.3) is 0 Å². The molecule has 1 saturated heterocycles. The number of imide groups is 1. The van der Waals surface area contributed by atoms with Gasteiger partial charge in [-0.1, -0.05) is 67.8 Å². The molecule has 1 unspecified atom stereocenters. The Kier molecular flexibility index (Phi) is 6.04. The minimum absolute atomic E-state index is 0.177. The van der Waals surface area contributed by atoms with Gasteiger partial charge in [0.15, 0.2) is 5.54 Å². The molecule has 1 heterocycles. The molecule has 2 aromatic carbocycles. The SMILES string of the molecule is Cc1ccc(C2(c3ccccc3)NC(=O)N(CC(=O)N(C)C3CCCCC3)C2=O)cc1C. The zero-order valence-corrected chi connectivity index (χ0v) is 19.1. The van der Waals surface area contributed by atoms with Crippen LogP contribution in [0, 0.1) is 13.8 Å². The van der Waals surface area contributed by atoms with Crippen molar-refractivity contribution in [2.24, 2.45) is 0 Å². The summed E-state index contributed by atoms with van der Waals surface area (Å²) >= 11 is 0. The average Bonchev–Trinajstić information content (AvgIpc) is 3.07. The monoisotopic (exact) mass is 433 g/mol. The highest BCUT2D eigenvalue weighted by atomic mass is 16.2. The highest BCUT2D eigenvalue weighted by molar-refractivity contribution is 6.11. The lowest BCUT2D eigenvalue weighted by molar-refractivity contribution is -0.139. The van der Waals surface area contributed by atoms with E-state index < -0.39 is 17.5 Å². The molecule has 0 radical (unpaired) electrons. The summed E-state index contributed by atoms with van der Waals surface area (Å²) in [5, 5.41) is 2.94. The van der Waals surface area contributed by atoms with E-state index in [1.807, 2.05) is 62.4 Å². The minimum atomic E-state index is -1.35. The molecule has 4 amide bonds. The highest BCUT2D eigenvalue weighted by Crippen LogP contribution is 2.37. The lowest BCUT2D eigenvalue weighted by Gasteiger charge is -2.32. The third kappa shape index (κ3) is 3.78. The first-order valence-electron chi connectivity index (χ1n) is 11.4. The number of hydrogen-bond donors (Lipinski definition) is 1. The summed E-state index contributed by atoms with van der Waals surface area (Å²) in [6.45, 7) is 3.74. The van der Waals surface area contributed by atoms with Crippen LogP contribution in [0.4, 0.5) is 4.79 Å². The van der Waals surface area contributed by atoms with Gasteiger partial charge in [0.05, 0.1) is 0 Å². The molecular formula is C26H31N3O3. The summed E-state index contributed by atoms with van der Waals surface area (Å²) in [5.41, 5.74) is 2.17. The highest BCUT2D eigenvalue weighted by Gasteiger charge is 2.54. The van der Waals surface area contributed by atoms with Crippen molar-refractivity contribution < 1.29 is 14.4 Å². The fourth-order valence-corrected chi connectivity index (χ4v) is 4.86. The third-order valence-corrected chi connectivity index (χ3v) is 7.06. The summed E-state index contributed by atoms with van der Waals surface area (Å²) in [5.74, 6) is -0.619. The van der Waals surface area contributed by atoms with Crippen LogP contribution in [0.3, 0.4) is 0 Å². The van der Waals surface area contributed by atoms with Gasteiger partial charge in [0, 0.05) is 13.1 Å². The second-order valence-electron chi connectivity index (χ2n) is 9.03. The van der Waals surface area contributed by atoms with Crippen molar-refractivity contribution in [1.29, 1.82) is 0 Å². The Bertz CT molecular complexity index is 1030. The van der Waals surface area contributed by atoms with E-state index in [-0.39, 0.29) is 18.5 Å². The molecule has 1 atom stereocenters. The van der Waals surface area contributed by atoms with E-state index in [1.54, 1.807) is 11.9 Å². The molecule has 6 nitrogen and oxygen atoms in total. The van der Waals surface area contributed by atoms with E-state index in [9.17, 15) is 14.4 Å². The standard InChI is InChI=1S/C26H31N3O3/c1-18-14-15-21(16-19(18)2)26(20-10-6-4-7-11-20)24(31)29(25(32)27-26)17-23(30)28(3)22-12-8-5-9-13-22/h4,6-7,10-11,14-16,22H,5,8-9,12-13,17H2,1-3H3,(H,27,32). The summed E-state index contributed by atoms with van der Waals surface area (Å²) in [4.78, 5) is 42.7. The summed E-state index contributed by atoms with van der Waals surface area (Å²) in [7, 11) is 1.78. The molecule has 2 fully saturated rings. The number of amides is 4. The Morgan fingerprint density at radius 2 is 1.69 bits per heavy atom. The molecule has 0 spiro atoms. The summed E-state index contributed by atoms with van der Waals surface area (Å²) in [6, 6.07) is 14.7. The minimum Gasteiger partial charge on any atom is -0.341 e. The number of hydrogen-bond acceptors (Lipinski definition) is 3. The van der Waals surface area contributed by atoms with Gasteiger partial charge in [0.25, 0.3) is 5.91 Å². The van der Waals surface area contributed by atoms with Crippen molar-refractivity contribution >= 4 is 17.8 Å². The van der Waals surface area contributed by atoms with Crippen molar-refractivity contribution in [3.63, 3.8) is 0 Å². The molecule has 4 rings (SSSR count). The molecule has 1 aliphatic carbocycles. The van der Waals surface area contributed by atoms with Crippen molar-refractivity contribution in [3.05, 3.63) is 70.8 Å². The lowest BCUT2D eigenvalue weighted by Crippen LogP contribution is -2.47. The van der Waals surface area contributed by atoms with Crippen LogP contribution in [-0.4, -0.2) is 47.3 Å². The molecule has 2 aromatic rings. The molecule has 1 aliphatic heterocycles. The van der Waals surface area contributed by atoms with Crippen LogP contribution in [0.2, 0.25) is 0 Å². The number of carbonyl (C=O) groups excluding carboxylic acids is 3. The maximum atomic E-state index is 13.8. The van der Waals surface area contributed by atoms with Gasteiger partial charge in [-0.15, -0.1) is 0 Å². The van der Waals surface area contributed by atoms with E-state index >= 15 is 0 Å². The van der Waals surface area contributed by atoms with Crippen molar-refractivity contribution in [2.75, 3.05) is 13.6 Å². The van der Waals surface area contributed by atoms with Gasteiger partial charge in [-0.05, 0) is 48.9 Å². The quantitative estimate of drug-likeness (QED) is 0.728. The van der Waals surface area contributed by atoms with Gasteiger partial charge < -0.3 is 10.2 Å². The normalized spacial score (nSPS) is 21.5. The topological polar surface area (TPSA) is 69.7 Å². The molecular weight excluding hydrogens is 402 g/mol. The number of rotatable bonds is 5. The number of urea groups is 1. The molecule has 6 heteroatoms. The second kappa shape index (κ2) is 8.77. The van der Waals surface area contributed by atoms with Gasteiger partial charge in [-0.3, -0.25) is 14.5 Å². The third-order valence-electron chi connectivity index (χ3n) is 7.06. The predicted molar refractivity (Wildman–Crippen MR) is 123 cm³/mol. The Labute approximate surface area is 189 Å². The predicted octanol–water partition coefficient (Wildman–Crippen LogP) is 3.89. The number of nitrogens with one attached hydrogen (secondary N) is 1. The maximum absolute atomic E-state index is 13.8. The van der Waals surface area contributed by atoms with Crippen molar-refractivity contribution in [3.8, 4) is 0 Å². The van der Waals surface area contributed by atoms with Gasteiger partial charge in [-0.25, -0.2) is 4.79 Å². The average molecular weight is 434 g/mol. The summed E-state index contributed by atoms with van der Waals surface area (Å²) < 4.78 is 0. The molecule has 0 bridgehead atoms. The number of likely N-dealkylation sites (N-methyl/N-ethyl adjacent to an activating group) is 1. The summed E-state index contributed by atoms with van der Waals surface area (Å²) in [6.07, 6.45) is 5.35. The van der Waals surface area contributed by atoms with Crippen molar-refractivity contribution in [2.45, 2.75) is 57.5 Å². The number of carbonyl (C=O) groups is 3. The number of aryl methyl sites for hydroxylation is 2. The van der Waals surface area contributed by atoms with Gasteiger partial charge >= 0.3 is 6.03 Å². The zero-order chi connectivity index (χ0) is 22.9. The van der Waals surface area contributed by atoms with Crippen LogP contribution >= 0.6 is 0 Å². The van der Waals surface area contributed by atoms with Crippen LogP contribution in [0.15, 0.2) is 48.5 Å². The first-order valence-corrected chi connectivity index (χ1v) is 11.4. The number of benzene rings is 2. The van der Waals surface area contributed by atoms with Gasteiger partial charge in [-0.2, -0.15) is 0 Å². The van der Waals surface area contributed by atoms with Crippen LogP contribution in [-0.2, 0) is 15.1 Å². The Morgan fingerprint density at radius 3 is 2.34 bits per heavy atom. The van der Waals surface area contributed by atoms with Crippen molar-refractivity contribution in [1.82, 2.24) is 15.1 Å². The van der Waals surface area contributed by atoms with E-state index in [4.69, 9.17) is 0 Å². The molecule has 168 valence electrons. The largest absolute Gasteiger partial charge is 0.341 e. The maximum Gasteiger partial charge on any atom is 0.326 e.